The van der Waals surface area contributed by atoms with Crippen LogP contribution in [0.3, 0.4) is 0 Å². The van der Waals surface area contributed by atoms with Crippen LogP contribution in [0.5, 0.6) is 5.88 Å². The number of nitrogens with one attached hydrogen (secondary N) is 1. The minimum absolute atomic E-state index is 0.105. The van der Waals surface area contributed by atoms with Crippen molar-refractivity contribution in [2.24, 2.45) is 0 Å². The van der Waals surface area contributed by atoms with E-state index in [1.54, 1.807) is 12.3 Å². The van der Waals surface area contributed by atoms with E-state index in [0.717, 1.165) is 18.4 Å². The molecule has 5 heteroatoms. The molecule has 0 aromatic carbocycles. The third kappa shape index (κ3) is 5.12. The van der Waals surface area contributed by atoms with Crippen molar-refractivity contribution in [2.45, 2.75) is 32.7 Å². The smallest absolute Gasteiger partial charge is 0.222 e. The summed E-state index contributed by atoms with van der Waals surface area (Å²) in [6, 6.07) is 3.62. The number of unbranched alkanes of at least 4 members (excludes halogenated alkanes) is 1. The molecule has 0 aliphatic carbocycles. The number of nitrogens with zero attached hydrogens (tertiary/aromatic N) is 1. The van der Waals surface area contributed by atoms with E-state index in [4.69, 9.17) is 4.74 Å². The largest absolute Gasteiger partial charge is 0.477 e. The van der Waals surface area contributed by atoms with E-state index >= 15 is 0 Å². The van der Waals surface area contributed by atoms with Crippen LogP contribution in [0.1, 0.15) is 31.7 Å². The number of pyridine rings is 1. The molecule has 0 saturated carbocycles. The quantitative estimate of drug-likeness (QED) is 0.724. The van der Waals surface area contributed by atoms with Gasteiger partial charge in [0, 0.05) is 18.3 Å². The first kappa shape index (κ1) is 14.4. The Kier molecular flexibility index (Phi) is 6.76. The second-order valence-electron chi connectivity index (χ2n) is 3.89. The molecule has 100 valence electrons. The van der Waals surface area contributed by atoms with E-state index in [0.29, 0.717) is 19.0 Å². The van der Waals surface area contributed by atoms with Crippen LogP contribution in [-0.2, 0) is 11.3 Å². The van der Waals surface area contributed by atoms with Crippen molar-refractivity contribution in [3.63, 3.8) is 0 Å². The van der Waals surface area contributed by atoms with E-state index in [9.17, 15) is 9.18 Å². The van der Waals surface area contributed by atoms with Gasteiger partial charge in [-0.2, -0.15) is 0 Å². The number of aromatic nitrogens is 1. The second-order valence-corrected chi connectivity index (χ2v) is 3.89. The Labute approximate surface area is 107 Å². The maximum Gasteiger partial charge on any atom is 0.222 e. The molecule has 1 N–H and O–H groups in total. The lowest BCUT2D eigenvalue weighted by atomic mass is 10.2. The molecular weight excluding hydrogens is 235 g/mol. The van der Waals surface area contributed by atoms with Gasteiger partial charge in [0.2, 0.25) is 11.8 Å². The van der Waals surface area contributed by atoms with Crippen LogP contribution >= 0.6 is 0 Å². The van der Waals surface area contributed by atoms with Gasteiger partial charge < -0.3 is 10.1 Å². The van der Waals surface area contributed by atoms with Crippen molar-refractivity contribution < 1.29 is 13.9 Å². The molecule has 1 rings (SSSR count). The monoisotopic (exact) mass is 254 g/mol. The number of hydrogen-bond acceptors (Lipinski definition) is 3. The number of amides is 1. The molecule has 4 nitrogen and oxygen atoms in total. The highest BCUT2D eigenvalue weighted by Crippen LogP contribution is 2.14. The first-order valence-electron chi connectivity index (χ1n) is 6.17. The minimum Gasteiger partial charge on any atom is -0.477 e. The Morgan fingerprint density at radius 3 is 3.11 bits per heavy atom. The second kappa shape index (κ2) is 8.44. The molecule has 0 saturated heterocycles. The van der Waals surface area contributed by atoms with Gasteiger partial charge >= 0.3 is 0 Å². The molecule has 0 radical (unpaired) electrons. The van der Waals surface area contributed by atoms with Gasteiger partial charge in [-0.05, 0) is 12.5 Å². The molecule has 0 aliphatic rings. The molecule has 18 heavy (non-hydrogen) atoms. The number of carbonyl (C=O) groups is 1. The standard InChI is InChI=1S/C13H19FN2O2/c1-2-3-9-18-13-11(5-4-8-15-13)10-16-12(17)6-7-14/h4-5,8H,2-3,6-7,9-10H2,1H3,(H,16,17). The van der Waals surface area contributed by atoms with Gasteiger partial charge in [0.25, 0.3) is 0 Å². The summed E-state index contributed by atoms with van der Waals surface area (Å²) in [5.74, 6) is 0.229. The average molecular weight is 254 g/mol. The first-order valence-corrected chi connectivity index (χ1v) is 6.17. The van der Waals surface area contributed by atoms with E-state index in [1.807, 2.05) is 6.07 Å². The summed E-state index contributed by atoms with van der Waals surface area (Å²) in [5.41, 5.74) is 0.806. The highest BCUT2D eigenvalue weighted by atomic mass is 19.1. The van der Waals surface area contributed by atoms with Crippen molar-refractivity contribution in [3.05, 3.63) is 23.9 Å². The van der Waals surface area contributed by atoms with Crippen LogP contribution < -0.4 is 10.1 Å². The van der Waals surface area contributed by atoms with Crippen molar-refractivity contribution in [1.82, 2.24) is 10.3 Å². The number of carbonyl (C=O) groups excluding carboxylic acids is 1. The lowest BCUT2D eigenvalue weighted by molar-refractivity contribution is -0.121. The zero-order valence-electron chi connectivity index (χ0n) is 10.6. The fourth-order valence-corrected chi connectivity index (χ4v) is 1.37. The Balaban J connectivity index is 2.50. The Morgan fingerprint density at radius 1 is 1.56 bits per heavy atom. The zero-order valence-corrected chi connectivity index (χ0v) is 10.6. The average Bonchev–Trinajstić information content (AvgIpc) is 2.38. The normalized spacial score (nSPS) is 10.1. The maximum atomic E-state index is 12.0. The molecular formula is C13H19FN2O2. The van der Waals surface area contributed by atoms with Crippen molar-refractivity contribution in [2.75, 3.05) is 13.3 Å². The van der Waals surface area contributed by atoms with E-state index in [1.165, 1.54) is 0 Å². The van der Waals surface area contributed by atoms with Crippen molar-refractivity contribution in [1.29, 1.82) is 0 Å². The maximum absolute atomic E-state index is 12.0. The summed E-state index contributed by atoms with van der Waals surface area (Å²) < 4.78 is 17.5. The van der Waals surface area contributed by atoms with Crippen LogP contribution in [0.4, 0.5) is 4.39 Å². The summed E-state index contributed by atoms with van der Waals surface area (Å²) in [5, 5.41) is 2.63. The Hall–Kier alpha value is -1.65. The molecule has 0 unspecified atom stereocenters. The van der Waals surface area contributed by atoms with E-state index < -0.39 is 6.67 Å². The molecule has 0 atom stereocenters. The van der Waals surface area contributed by atoms with Crippen LogP contribution in [0, 0.1) is 0 Å². The number of ether oxygens (including phenoxy) is 1. The van der Waals surface area contributed by atoms with Crippen LogP contribution in [-0.4, -0.2) is 24.2 Å². The molecule has 1 aromatic rings. The van der Waals surface area contributed by atoms with Gasteiger partial charge in [-0.1, -0.05) is 19.4 Å². The molecule has 1 aromatic heterocycles. The van der Waals surface area contributed by atoms with Gasteiger partial charge in [-0.15, -0.1) is 0 Å². The van der Waals surface area contributed by atoms with Crippen LogP contribution in [0.25, 0.3) is 0 Å². The van der Waals surface area contributed by atoms with Gasteiger partial charge in [0.1, 0.15) is 0 Å². The topological polar surface area (TPSA) is 51.2 Å². The highest BCUT2D eigenvalue weighted by molar-refractivity contribution is 5.75. The SMILES string of the molecule is CCCCOc1ncccc1CNC(=O)CCF. The Morgan fingerprint density at radius 2 is 2.39 bits per heavy atom. The number of halogens is 1. The fraction of sp³-hybridized carbons (Fsp3) is 0.538. The van der Waals surface area contributed by atoms with E-state index in [2.05, 4.69) is 17.2 Å². The van der Waals surface area contributed by atoms with Crippen LogP contribution in [0.2, 0.25) is 0 Å². The zero-order chi connectivity index (χ0) is 13.2. The van der Waals surface area contributed by atoms with Crippen molar-refractivity contribution in [3.8, 4) is 5.88 Å². The summed E-state index contributed by atoms with van der Waals surface area (Å²) >= 11 is 0. The lowest BCUT2D eigenvalue weighted by Crippen LogP contribution is -2.23. The third-order valence-corrected chi connectivity index (χ3v) is 2.38. The van der Waals surface area contributed by atoms with Gasteiger partial charge in [-0.25, -0.2) is 4.98 Å². The Bertz CT molecular complexity index is 372. The van der Waals surface area contributed by atoms with Crippen LogP contribution in [0.15, 0.2) is 18.3 Å². The minimum atomic E-state index is -0.640. The first-order chi connectivity index (χ1) is 8.77. The van der Waals surface area contributed by atoms with Gasteiger partial charge in [-0.3, -0.25) is 9.18 Å². The molecule has 0 spiro atoms. The highest BCUT2D eigenvalue weighted by Gasteiger charge is 2.06. The molecule has 1 amide bonds. The molecule has 0 bridgehead atoms. The third-order valence-electron chi connectivity index (χ3n) is 2.38. The molecule has 1 heterocycles. The van der Waals surface area contributed by atoms with Crippen molar-refractivity contribution >= 4 is 5.91 Å². The van der Waals surface area contributed by atoms with Gasteiger partial charge in [0.05, 0.1) is 19.7 Å². The summed E-state index contributed by atoms with van der Waals surface area (Å²) in [6.07, 6.45) is 3.56. The predicted octanol–water partition coefficient (Wildman–Crippen LogP) is 2.24. The number of alkyl halides is 1. The number of hydrogen-bond donors (Lipinski definition) is 1. The van der Waals surface area contributed by atoms with Gasteiger partial charge in [0.15, 0.2) is 0 Å². The van der Waals surface area contributed by atoms with E-state index in [-0.39, 0.29) is 12.3 Å². The predicted molar refractivity (Wildman–Crippen MR) is 67.1 cm³/mol. The fourth-order valence-electron chi connectivity index (χ4n) is 1.37. The summed E-state index contributed by atoms with van der Waals surface area (Å²) in [6.45, 7) is 2.37. The lowest BCUT2D eigenvalue weighted by Gasteiger charge is -2.10. The summed E-state index contributed by atoms with van der Waals surface area (Å²) in [7, 11) is 0. The molecule has 0 aliphatic heterocycles. The molecule has 0 fully saturated rings. The summed E-state index contributed by atoms with van der Waals surface area (Å²) in [4.78, 5) is 15.3. The number of rotatable bonds is 8.